The molecule has 0 heterocycles. The molecule has 0 saturated carbocycles. The van der Waals surface area contributed by atoms with E-state index in [1.54, 1.807) is 45.0 Å². The Morgan fingerprint density at radius 1 is 1.20 bits per heavy atom. The summed E-state index contributed by atoms with van der Waals surface area (Å²) in [6.45, 7) is 5.04. The largest absolute Gasteiger partial charge is 0.508 e. The van der Waals surface area contributed by atoms with Crippen LogP contribution in [0.15, 0.2) is 30.3 Å². The quantitative estimate of drug-likeness (QED) is 0.649. The molecule has 0 saturated heterocycles. The summed E-state index contributed by atoms with van der Waals surface area (Å²) < 4.78 is 4.35. The number of phenolic OH excluding ortho intramolecular Hbond substituents is 1. The number of carbonyl (C=O) groups is 1. The summed E-state index contributed by atoms with van der Waals surface area (Å²) in [5.74, 6) is 0.322. The van der Waals surface area contributed by atoms with Gasteiger partial charge in [0.1, 0.15) is 11.4 Å². The lowest BCUT2D eigenvalue weighted by atomic mass is 10.2. The van der Waals surface area contributed by atoms with Crippen LogP contribution in [0.2, 0.25) is 0 Å². The zero-order valence-corrected chi connectivity index (χ0v) is 9.10. The van der Waals surface area contributed by atoms with Gasteiger partial charge in [0.05, 0.1) is 0 Å². The monoisotopic (exact) mass is 212 g/mol. The molecule has 4 heteroatoms. The Kier molecular flexibility index (Phi) is 5.23. The molecule has 4 nitrogen and oxygen atoms in total. The van der Waals surface area contributed by atoms with Crippen LogP contribution in [-0.4, -0.2) is 22.0 Å². The number of aromatic hydroxyl groups is 1. The number of hydrogen-bond donors (Lipinski definition) is 2. The number of carboxylic acid groups (broad SMARTS) is 1. The van der Waals surface area contributed by atoms with Gasteiger partial charge in [-0.15, -0.1) is 0 Å². The Morgan fingerprint density at radius 2 is 1.67 bits per heavy atom. The zero-order chi connectivity index (χ0) is 11.9. The van der Waals surface area contributed by atoms with E-state index in [0.29, 0.717) is 5.75 Å². The van der Waals surface area contributed by atoms with Gasteiger partial charge in [-0.2, -0.15) is 0 Å². The molecule has 0 aliphatic heterocycles. The minimum absolute atomic E-state index is 0.322. The Labute approximate surface area is 89.1 Å². The zero-order valence-electron chi connectivity index (χ0n) is 9.10. The molecule has 0 aromatic heterocycles. The maximum absolute atomic E-state index is 9.79. The Balaban J connectivity index is 0.000000262. The molecule has 15 heavy (non-hydrogen) atoms. The van der Waals surface area contributed by atoms with Crippen LogP contribution in [0.5, 0.6) is 5.75 Å². The highest BCUT2D eigenvalue weighted by molar-refractivity contribution is 5.57. The van der Waals surface area contributed by atoms with Gasteiger partial charge in [0.15, 0.2) is 0 Å². The standard InChI is InChI=1S/C6H6O.C5H10O3/c7-6-4-2-1-3-5-6;1-5(2,3)8-4(6)7/h1-5,7H;1-3H3,(H,6,7). The Bertz CT molecular complexity index is 287. The summed E-state index contributed by atoms with van der Waals surface area (Å²) in [7, 11) is 0. The summed E-state index contributed by atoms with van der Waals surface area (Å²) in [4.78, 5) is 9.79. The average molecular weight is 212 g/mol. The maximum Gasteiger partial charge on any atom is 0.506 e. The van der Waals surface area contributed by atoms with Gasteiger partial charge < -0.3 is 14.9 Å². The minimum atomic E-state index is -1.22. The molecule has 0 radical (unpaired) electrons. The van der Waals surface area contributed by atoms with Gasteiger partial charge in [0, 0.05) is 0 Å². The van der Waals surface area contributed by atoms with Crippen LogP contribution >= 0.6 is 0 Å². The summed E-state index contributed by atoms with van der Waals surface area (Å²) in [6, 6.07) is 8.71. The highest BCUT2D eigenvalue weighted by Gasteiger charge is 2.13. The first-order chi connectivity index (χ1) is 6.81. The fourth-order valence-corrected chi connectivity index (χ4v) is 0.690. The van der Waals surface area contributed by atoms with Crippen molar-refractivity contribution in [2.24, 2.45) is 0 Å². The lowest BCUT2D eigenvalue weighted by Crippen LogP contribution is -2.22. The number of para-hydroxylation sites is 1. The predicted octanol–water partition coefficient (Wildman–Crippen LogP) is 2.87. The molecule has 0 fully saturated rings. The summed E-state index contributed by atoms with van der Waals surface area (Å²) in [6.07, 6.45) is -1.22. The van der Waals surface area contributed by atoms with Gasteiger partial charge in [-0.25, -0.2) is 4.79 Å². The molecule has 0 atom stereocenters. The number of phenols is 1. The summed E-state index contributed by atoms with van der Waals surface area (Å²) >= 11 is 0. The lowest BCUT2D eigenvalue weighted by molar-refractivity contribution is 0.0150. The van der Waals surface area contributed by atoms with Crippen LogP contribution in [0.25, 0.3) is 0 Å². The van der Waals surface area contributed by atoms with Gasteiger partial charge in [0.2, 0.25) is 0 Å². The van der Waals surface area contributed by atoms with Crippen molar-refractivity contribution in [3.05, 3.63) is 30.3 Å². The van der Waals surface area contributed by atoms with Crippen molar-refractivity contribution < 1.29 is 19.7 Å². The maximum atomic E-state index is 9.79. The second-order valence-corrected chi connectivity index (χ2v) is 3.82. The highest BCUT2D eigenvalue weighted by Crippen LogP contribution is 2.05. The first kappa shape index (κ1) is 13.3. The van der Waals surface area contributed by atoms with Crippen molar-refractivity contribution in [1.29, 1.82) is 0 Å². The number of ether oxygens (including phenoxy) is 1. The van der Waals surface area contributed by atoms with Crippen molar-refractivity contribution in [1.82, 2.24) is 0 Å². The van der Waals surface area contributed by atoms with Crippen LogP contribution in [0, 0.1) is 0 Å². The van der Waals surface area contributed by atoms with Crippen LogP contribution in [0.4, 0.5) is 4.79 Å². The first-order valence-electron chi connectivity index (χ1n) is 4.47. The van der Waals surface area contributed by atoms with E-state index in [4.69, 9.17) is 10.2 Å². The fraction of sp³-hybridized carbons (Fsp3) is 0.364. The van der Waals surface area contributed by atoms with E-state index in [2.05, 4.69) is 4.74 Å². The van der Waals surface area contributed by atoms with Crippen molar-refractivity contribution in [3.8, 4) is 5.75 Å². The molecular weight excluding hydrogens is 196 g/mol. The molecular formula is C11H16O4. The number of benzene rings is 1. The highest BCUT2D eigenvalue weighted by atomic mass is 16.7. The smallest absolute Gasteiger partial charge is 0.506 e. The van der Waals surface area contributed by atoms with E-state index < -0.39 is 11.8 Å². The van der Waals surface area contributed by atoms with Crippen LogP contribution < -0.4 is 0 Å². The molecule has 1 rings (SSSR count). The lowest BCUT2D eigenvalue weighted by Gasteiger charge is -2.15. The molecule has 0 unspecified atom stereocenters. The van der Waals surface area contributed by atoms with E-state index in [1.807, 2.05) is 6.07 Å². The van der Waals surface area contributed by atoms with E-state index in [9.17, 15) is 4.79 Å². The van der Waals surface area contributed by atoms with Crippen LogP contribution in [-0.2, 0) is 4.74 Å². The first-order valence-corrected chi connectivity index (χ1v) is 4.47. The molecule has 0 bridgehead atoms. The average Bonchev–Trinajstić information content (AvgIpc) is 2.01. The third-order valence-corrected chi connectivity index (χ3v) is 1.15. The minimum Gasteiger partial charge on any atom is -0.508 e. The molecule has 0 aliphatic rings. The predicted molar refractivity (Wildman–Crippen MR) is 57.0 cm³/mol. The summed E-state index contributed by atoms with van der Waals surface area (Å²) in [5, 5.41) is 16.7. The Hall–Kier alpha value is -1.71. The topological polar surface area (TPSA) is 66.8 Å². The van der Waals surface area contributed by atoms with Crippen LogP contribution in [0.1, 0.15) is 20.8 Å². The number of hydrogen-bond acceptors (Lipinski definition) is 3. The normalized spacial score (nSPS) is 9.80. The van der Waals surface area contributed by atoms with Crippen molar-refractivity contribution in [2.45, 2.75) is 26.4 Å². The second kappa shape index (κ2) is 5.90. The summed E-state index contributed by atoms with van der Waals surface area (Å²) in [5.41, 5.74) is -0.578. The molecule has 1 aromatic rings. The SMILES string of the molecule is CC(C)(C)OC(=O)O.Oc1ccccc1. The van der Waals surface area contributed by atoms with E-state index in [1.165, 1.54) is 0 Å². The molecule has 0 aliphatic carbocycles. The Morgan fingerprint density at radius 3 is 1.80 bits per heavy atom. The van der Waals surface area contributed by atoms with E-state index in [-0.39, 0.29) is 0 Å². The third kappa shape index (κ3) is 10.2. The molecule has 2 N–H and O–H groups in total. The van der Waals surface area contributed by atoms with E-state index in [0.717, 1.165) is 0 Å². The number of rotatable bonds is 0. The fourth-order valence-electron chi connectivity index (χ4n) is 0.690. The molecule has 1 aromatic carbocycles. The van der Waals surface area contributed by atoms with Gasteiger partial charge >= 0.3 is 6.16 Å². The van der Waals surface area contributed by atoms with Gasteiger partial charge in [-0.05, 0) is 32.9 Å². The third-order valence-electron chi connectivity index (χ3n) is 1.15. The van der Waals surface area contributed by atoms with Gasteiger partial charge in [0.25, 0.3) is 0 Å². The van der Waals surface area contributed by atoms with Gasteiger partial charge in [-0.1, -0.05) is 18.2 Å². The van der Waals surface area contributed by atoms with Crippen LogP contribution in [0.3, 0.4) is 0 Å². The van der Waals surface area contributed by atoms with Gasteiger partial charge in [-0.3, -0.25) is 0 Å². The van der Waals surface area contributed by atoms with Crippen molar-refractivity contribution in [3.63, 3.8) is 0 Å². The van der Waals surface area contributed by atoms with Crippen molar-refractivity contribution >= 4 is 6.16 Å². The van der Waals surface area contributed by atoms with Crippen molar-refractivity contribution in [2.75, 3.05) is 0 Å². The molecule has 0 spiro atoms. The molecule has 84 valence electrons. The molecule has 0 amide bonds. The van der Waals surface area contributed by atoms with E-state index >= 15 is 0 Å². The second-order valence-electron chi connectivity index (χ2n) is 3.82.